The van der Waals surface area contributed by atoms with Gasteiger partial charge in [0.25, 0.3) is 0 Å². The van der Waals surface area contributed by atoms with E-state index in [0.29, 0.717) is 24.0 Å². The molecule has 2 aromatic heterocycles. The first-order chi connectivity index (χ1) is 17.8. The fraction of sp³-hybridized carbons (Fsp3) is 0.448. The number of aromatic nitrogens is 3. The molecule has 0 unspecified atom stereocenters. The molecule has 0 spiro atoms. The van der Waals surface area contributed by atoms with E-state index in [1.54, 1.807) is 13.3 Å². The monoisotopic (exact) mass is 530 g/mol. The second-order valence-electron chi connectivity index (χ2n) is 11.9. The van der Waals surface area contributed by atoms with Gasteiger partial charge >= 0.3 is 0 Å². The molecule has 9 heteroatoms. The molecule has 3 heterocycles. The number of methoxy groups -OCH3 is 1. The third kappa shape index (κ3) is 5.24. The van der Waals surface area contributed by atoms with E-state index < -0.39 is 8.32 Å². The van der Waals surface area contributed by atoms with Crippen LogP contribution in [0.2, 0.25) is 18.1 Å². The number of nitriles is 1. The standard InChI is InChI=1S/C29H38N6O2Si/c1-18-12-24(19(2)33-26(18)36-7)35-27-31-11-10-23(34-27)20-13-21(15-30)25-22(14-20)29(6,16-32-25)17-37-38(8,9)28(3,4)5/h10-14,32H,16-17H2,1-9H3,(H,31,34,35)/t29-/m1/s1. The Morgan fingerprint density at radius 2 is 1.92 bits per heavy atom. The van der Waals surface area contributed by atoms with Gasteiger partial charge in [0.1, 0.15) is 6.07 Å². The first-order valence-corrected chi connectivity index (χ1v) is 15.8. The van der Waals surface area contributed by atoms with Crippen molar-refractivity contribution >= 4 is 25.6 Å². The topological polar surface area (TPSA) is 105 Å². The zero-order valence-corrected chi connectivity index (χ0v) is 24.9. The number of hydrogen-bond donors (Lipinski definition) is 2. The highest BCUT2D eigenvalue weighted by molar-refractivity contribution is 6.74. The fourth-order valence-electron chi connectivity index (χ4n) is 4.33. The van der Waals surface area contributed by atoms with Gasteiger partial charge in [-0.15, -0.1) is 0 Å². The molecule has 0 saturated carbocycles. The molecule has 8 nitrogen and oxygen atoms in total. The van der Waals surface area contributed by atoms with Crippen LogP contribution in [0.3, 0.4) is 0 Å². The predicted octanol–water partition coefficient (Wildman–Crippen LogP) is 6.48. The molecule has 38 heavy (non-hydrogen) atoms. The second-order valence-corrected chi connectivity index (χ2v) is 16.7. The van der Waals surface area contributed by atoms with Crippen molar-refractivity contribution in [1.82, 2.24) is 15.0 Å². The minimum absolute atomic E-state index is 0.124. The van der Waals surface area contributed by atoms with Gasteiger partial charge in [-0.1, -0.05) is 27.7 Å². The highest BCUT2D eigenvalue weighted by Gasteiger charge is 2.42. The summed E-state index contributed by atoms with van der Waals surface area (Å²) in [7, 11) is -0.323. The molecule has 0 aliphatic carbocycles. The van der Waals surface area contributed by atoms with E-state index in [4.69, 9.17) is 14.1 Å². The Bertz CT molecular complexity index is 1410. The van der Waals surface area contributed by atoms with Crippen molar-refractivity contribution in [1.29, 1.82) is 5.26 Å². The fourth-order valence-corrected chi connectivity index (χ4v) is 5.44. The predicted molar refractivity (Wildman–Crippen MR) is 155 cm³/mol. The van der Waals surface area contributed by atoms with E-state index in [1.807, 2.05) is 32.0 Å². The molecule has 3 aromatic rings. The summed E-state index contributed by atoms with van der Waals surface area (Å²) in [6.45, 7) is 18.7. The van der Waals surface area contributed by atoms with Gasteiger partial charge in [-0.05, 0) is 61.8 Å². The molecule has 2 N–H and O–H groups in total. The number of pyridine rings is 1. The summed E-state index contributed by atoms with van der Waals surface area (Å²) in [5.41, 5.74) is 6.44. The lowest BCUT2D eigenvalue weighted by atomic mass is 9.83. The van der Waals surface area contributed by atoms with Gasteiger partial charge in [0.2, 0.25) is 11.8 Å². The molecule has 1 aliphatic heterocycles. The number of aryl methyl sites for hydroxylation is 2. The largest absolute Gasteiger partial charge is 0.481 e. The van der Waals surface area contributed by atoms with Crippen LogP contribution < -0.4 is 15.4 Å². The van der Waals surface area contributed by atoms with Crippen LogP contribution in [0, 0.1) is 25.2 Å². The average molecular weight is 531 g/mol. The maximum Gasteiger partial charge on any atom is 0.227 e. The van der Waals surface area contributed by atoms with Crippen molar-refractivity contribution in [2.24, 2.45) is 0 Å². The van der Waals surface area contributed by atoms with E-state index in [2.05, 4.69) is 73.5 Å². The molecule has 0 bridgehead atoms. The molecule has 0 amide bonds. The second kappa shape index (κ2) is 10.0. The van der Waals surface area contributed by atoms with Crippen LogP contribution in [-0.4, -0.2) is 43.5 Å². The van der Waals surface area contributed by atoms with Crippen LogP contribution >= 0.6 is 0 Å². The molecule has 0 radical (unpaired) electrons. The number of hydrogen-bond acceptors (Lipinski definition) is 8. The van der Waals surface area contributed by atoms with E-state index in [0.717, 1.165) is 46.0 Å². The minimum Gasteiger partial charge on any atom is -0.481 e. The molecule has 1 aromatic carbocycles. The van der Waals surface area contributed by atoms with Gasteiger partial charge in [0, 0.05) is 35.9 Å². The Morgan fingerprint density at radius 1 is 1.18 bits per heavy atom. The lowest BCUT2D eigenvalue weighted by molar-refractivity contribution is 0.220. The number of fused-ring (bicyclic) bond motifs is 1. The van der Waals surface area contributed by atoms with Crippen molar-refractivity contribution in [2.75, 3.05) is 30.9 Å². The molecule has 0 fully saturated rings. The third-order valence-corrected chi connectivity index (χ3v) is 12.3. The normalized spacial score (nSPS) is 16.9. The van der Waals surface area contributed by atoms with Gasteiger partial charge < -0.3 is 19.8 Å². The van der Waals surface area contributed by atoms with Gasteiger partial charge in [0.05, 0.1) is 35.4 Å². The van der Waals surface area contributed by atoms with Crippen LogP contribution in [-0.2, 0) is 9.84 Å². The Labute approximate surface area is 227 Å². The highest BCUT2D eigenvalue weighted by atomic mass is 28.4. The zero-order chi connectivity index (χ0) is 27.9. The van der Waals surface area contributed by atoms with E-state index in [-0.39, 0.29) is 10.5 Å². The summed E-state index contributed by atoms with van der Waals surface area (Å²) in [4.78, 5) is 13.7. The number of ether oxygens (including phenoxy) is 1. The Morgan fingerprint density at radius 3 is 2.58 bits per heavy atom. The van der Waals surface area contributed by atoms with Crippen molar-refractivity contribution < 1.29 is 9.16 Å². The summed E-state index contributed by atoms with van der Waals surface area (Å²) in [6, 6.07) is 10.2. The van der Waals surface area contributed by atoms with Gasteiger partial charge in [-0.25, -0.2) is 15.0 Å². The molecular weight excluding hydrogens is 492 g/mol. The van der Waals surface area contributed by atoms with Gasteiger partial charge in [0.15, 0.2) is 8.32 Å². The molecule has 1 aliphatic rings. The summed E-state index contributed by atoms with van der Waals surface area (Å²) < 4.78 is 12.0. The van der Waals surface area contributed by atoms with E-state index in [1.165, 1.54) is 0 Å². The maximum absolute atomic E-state index is 9.98. The van der Waals surface area contributed by atoms with Crippen molar-refractivity contribution in [3.8, 4) is 23.2 Å². The molecular formula is C29H38N6O2Si. The Kier molecular flexibility index (Phi) is 7.25. The summed E-state index contributed by atoms with van der Waals surface area (Å²) in [6.07, 6.45) is 1.72. The van der Waals surface area contributed by atoms with Crippen molar-refractivity contribution in [3.63, 3.8) is 0 Å². The summed E-state index contributed by atoms with van der Waals surface area (Å²) in [5, 5.41) is 16.9. The van der Waals surface area contributed by atoms with Crippen LogP contribution in [0.1, 0.15) is 50.1 Å². The van der Waals surface area contributed by atoms with E-state index in [9.17, 15) is 5.26 Å². The molecule has 4 rings (SSSR count). The third-order valence-electron chi connectivity index (χ3n) is 7.87. The highest BCUT2D eigenvalue weighted by Crippen LogP contribution is 2.44. The molecule has 1 atom stereocenters. The van der Waals surface area contributed by atoms with Crippen LogP contribution in [0.15, 0.2) is 30.5 Å². The smallest absolute Gasteiger partial charge is 0.227 e. The number of benzene rings is 1. The van der Waals surface area contributed by atoms with Crippen LogP contribution in [0.5, 0.6) is 5.88 Å². The first kappa shape index (κ1) is 27.5. The van der Waals surface area contributed by atoms with Crippen LogP contribution in [0.25, 0.3) is 11.3 Å². The summed E-state index contributed by atoms with van der Waals surface area (Å²) >= 11 is 0. The molecule has 200 valence electrons. The summed E-state index contributed by atoms with van der Waals surface area (Å²) in [5.74, 6) is 1.05. The maximum atomic E-state index is 9.98. The zero-order valence-electron chi connectivity index (χ0n) is 23.9. The van der Waals surface area contributed by atoms with Crippen molar-refractivity contribution in [2.45, 2.75) is 65.1 Å². The SMILES string of the molecule is COc1nc(C)c(Nc2nccc(-c3cc(C#N)c4c(c3)[C@@](C)(CO[Si](C)(C)C(C)(C)C)CN4)n2)cc1C. The van der Waals surface area contributed by atoms with Gasteiger partial charge in [-0.2, -0.15) is 5.26 Å². The number of anilines is 3. The van der Waals surface area contributed by atoms with Crippen LogP contribution in [0.4, 0.5) is 17.3 Å². The number of nitrogens with one attached hydrogen (secondary N) is 2. The molecule has 0 saturated heterocycles. The minimum atomic E-state index is -1.93. The quantitative estimate of drug-likeness (QED) is 0.334. The first-order valence-electron chi connectivity index (χ1n) is 12.9. The Balaban J connectivity index is 1.67. The lowest BCUT2D eigenvalue weighted by Gasteiger charge is -2.39. The van der Waals surface area contributed by atoms with Gasteiger partial charge in [-0.3, -0.25) is 0 Å². The lowest BCUT2D eigenvalue weighted by Crippen LogP contribution is -2.45. The Hall–Kier alpha value is -3.48. The van der Waals surface area contributed by atoms with E-state index >= 15 is 0 Å². The number of nitrogens with zero attached hydrogens (tertiary/aromatic N) is 4. The van der Waals surface area contributed by atoms with Crippen molar-refractivity contribution in [3.05, 3.63) is 52.8 Å². The average Bonchev–Trinajstić information content (AvgIpc) is 3.20. The number of rotatable bonds is 7.